The molecule has 0 aliphatic carbocycles. The SMILES string of the molecule is C=CC1=NC(C(=O)OC)=C(Cl)C(N)C1(F)F. The van der Waals surface area contributed by atoms with Gasteiger partial charge in [-0.25, -0.2) is 9.79 Å². The number of nitrogens with two attached hydrogens (primary N) is 1. The van der Waals surface area contributed by atoms with Crippen LogP contribution in [0.15, 0.2) is 28.4 Å². The number of ether oxygens (including phenoxy) is 1. The maximum atomic E-state index is 13.5. The van der Waals surface area contributed by atoms with E-state index in [4.69, 9.17) is 17.3 Å². The predicted octanol–water partition coefficient (Wildman–Crippen LogP) is 1.21. The fraction of sp³-hybridized carbons (Fsp3) is 0.333. The molecule has 0 spiro atoms. The molecule has 1 unspecified atom stereocenters. The Morgan fingerprint density at radius 1 is 1.75 bits per heavy atom. The van der Waals surface area contributed by atoms with Crippen molar-refractivity contribution in [2.24, 2.45) is 10.7 Å². The Bertz CT molecular complexity index is 404. The fourth-order valence-electron chi connectivity index (χ4n) is 1.14. The van der Waals surface area contributed by atoms with Gasteiger partial charge in [-0.1, -0.05) is 18.2 Å². The molecule has 1 aliphatic rings. The van der Waals surface area contributed by atoms with Crippen LogP contribution in [-0.4, -0.2) is 30.8 Å². The Labute approximate surface area is 95.4 Å². The number of rotatable bonds is 2. The van der Waals surface area contributed by atoms with Crippen LogP contribution < -0.4 is 5.73 Å². The second-order valence-corrected chi connectivity index (χ2v) is 3.40. The first-order valence-electron chi connectivity index (χ1n) is 4.19. The molecular weight excluding hydrogens is 242 g/mol. The third-order valence-electron chi connectivity index (χ3n) is 2.04. The molecule has 0 aromatic carbocycles. The number of allylic oxidation sites excluding steroid dienone is 1. The Balaban J connectivity index is 3.32. The molecule has 0 radical (unpaired) electrons. The van der Waals surface area contributed by atoms with E-state index in [2.05, 4.69) is 16.3 Å². The van der Waals surface area contributed by atoms with Gasteiger partial charge in [0.25, 0.3) is 0 Å². The van der Waals surface area contributed by atoms with E-state index in [9.17, 15) is 13.6 Å². The fourth-order valence-corrected chi connectivity index (χ4v) is 1.39. The molecule has 0 fully saturated rings. The molecule has 0 saturated heterocycles. The van der Waals surface area contributed by atoms with Crippen LogP contribution in [0.2, 0.25) is 0 Å². The molecule has 88 valence electrons. The summed E-state index contributed by atoms with van der Waals surface area (Å²) in [7, 11) is 1.08. The van der Waals surface area contributed by atoms with Crippen molar-refractivity contribution in [3.8, 4) is 0 Å². The molecule has 0 bridgehead atoms. The largest absolute Gasteiger partial charge is 0.464 e. The van der Waals surface area contributed by atoms with E-state index in [1.165, 1.54) is 0 Å². The van der Waals surface area contributed by atoms with Gasteiger partial charge >= 0.3 is 11.9 Å². The number of hydrogen-bond donors (Lipinski definition) is 1. The van der Waals surface area contributed by atoms with E-state index in [0.29, 0.717) is 0 Å². The van der Waals surface area contributed by atoms with Crippen molar-refractivity contribution in [3.63, 3.8) is 0 Å². The summed E-state index contributed by atoms with van der Waals surface area (Å²) in [6, 6.07) is -1.83. The average Bonchev–Trinajstić information content (AvgIpc) is 2.25. The van der Waals surface area contributed by atoms with Gasteiger partial charge < -0.3 is 10.5 Å². The molecular formula is C9H9ClF2N2O2. The van der Waals surface area contributed by atoms with E-state index < -0.39 is 34.4 Å². The molecule has 0 saturated carbocycles. The summed E-state index contributed by atoms with van der Waals surface area (Å²) >= 11 is 5.55. The minimum atomic E-state index is -3.45. The van der Waals surface area contributed by atoms with Crippen LogP contribution in [0.25, 0.3) is 0 Å². The van der Waals surface area contributed by atoms with E-state index in [1.54, 1.807) is 0 Å². The molecule has 0 aromatic heterocycles. The van der Waals surface area contributed by atoms with Gasteiger partial charge in [0.15, 0.2) is 5.70 Å². The number of esters is 1. The Hall–Kier alpha value is -1.27. The van der Waals surface area contributed by atoms with Crippen molar-refractivity contribution in [2.45, 2.75) is 12.0 Å². The van der Waals surface area contributed by atoms with E-state index >= 15 is 0 Å². The topological polar surface area (TPSA) is 64.7 Å². The van der Waals surface area contributed by atoms with E-state index in [1.807, 2.05) is 0 Å². The first kappa shape index (κ1) is 12.8. The summed E-state index contributed by atoms with van der Waals surface area (Å²) < 4.78 is 31.3. The number of carbonyl (C=O) groups excluding carboxylic acids is 1. The molecule has 1 atom stereocenters. The summed E-state index contributed by atoms with van der Waals surface area (Å²) in [6.07, 6.45) is 0.826. The zero-order valence-electron chi connectivity index (χ0n) is 8.34. The summed E-state index contributed by atoms with van der Waals surface area (Å²) in [5.74, 6) is -4.37. The minimum Gasteiger partial charge on any atom is -0.464 e. The number of alkyl halides is 2. The monoisotopic (exact) mass is 250 g/mol. The maximum Gasteiger partial charge on any atom is 0.357 e. The normalized spacial score (nSPS) is 23.8. The number of nitrogens with zero attached hydrogens (tertiary/aromatic N) is 1. The maximum absolute atomic E-state index is 13.5. The van der Waals surface area contributed by atoms with Crippen molar-refractivity contribution < 1.29 is 18.3 Å². The van der Waals surface area contributed by atoms with Gasteiger partial charge in [-0.15, -0.1) is 0 Å². The Kier molecular flexibility index (Phi) is 3.44. The molecule has 1 aliphatic heterocycles. The van der Waals surface area contributed by atoms with E-state index in [0.717, 1.165) is 13.2 Å². The number of halogens is 3. The lowest BCUT2D eigenvalue weighted by Gasteiger charge is -2.27. The molecule has 0 amide bonds. The lowest BCUT2D eigenvalue weighted by molar-refractivity contribution is -0.136. The van der Waals surface area contributed by atoms with Crippen molar-refractivity contribution in [1.29, 1.82) is 0 Å². The highest BCUT2D eigenvalue weighted by molar-refractivity contribution is 6.33. The summed E-state index contributed by atoms with van der Waals surface area (Å²) in [5, 5.41) is -0.526. The summed E-state index contributed by atoms with van der Waals surface area (Å²) in [4.78, 5) is 14.6. The van der Waals surface area contributed by atoms with Gasteiger partial charge in [-0.05, 0) is 6.08 Å². The smallest absolute Gasteiger partial charge is 0.357 e. The van der Waals surface area contributed by atoms with Gasteiger partial charge in [0.2, 0.25) is 0 Å². The van der Waals surface area contributed by atoms with Crippen LogP contribution in [0.5, 0.6) is 0 Å². The lowest BCUT2D eigenvalue weighted by Crippen LogP contribution is -2.49. The van der Waals surface area contributed by atoms with Crippen LogP contribution >= 0.6 is 11.6 Å². The lowest BCUT2D eigenvalue weighted by atomic mass is 10.0. The zero-order valence-corrected chi connectivity index (χ0v) is 9.09. The van der Waals surface area contributed by atoms with Crippen molar-refractivity contribution in [2.75, 3.05) is 7.11 Å². The van der Waals surface area contributed by atoms with Crippen molar-refractivity contribution in [3.05, 3.63) is 23.4 Å². The van der Waals surface area contributed by atoms with Crippen molar-refractivity contribution in [1.82, 2.24) is 0 Å². The highest BCUT2D eigenvalue weighted by Crippen LogP contribution is 2.34. The third-order valence-corrected chi connectivity index (χ3v) is 2.45. The van der Waals surface area contributed by atoms with Crippen LogP contribution in [0.3, 0.4) is 0 Å². The number of hydrogen-bond acceptors (Lipinski definition) is 4. The quantitative estimate of drug-likeness (QED) is 0.750. The highest BCUT2D eigenvalue weighted by atomic mass is 35.5. The molecule has 1 heterocycles. The second kappa shape index (κ2) is 4.31. The van der Waals surface area contributed by atoms with Crippen LogP contribution in [-0.2, 0) is 9.53 Å². The molecule has 0 aromatic rings. The predicted molar refractivity (Wildman–Crippen MR) is 55.4 cm³/mol. The number of methoxy groups -OCH3 is 1. The minimum absolute atomic E-state index is 0.419. The number of aliphatic imine (C=N–C) groups is 1. The highest BCUT2D eigenvalue weighted by Gasteiger charge is 2.48. The molecule has 2 N–H and O–H groups in total. The zero-order chi connectivity index (χ0) is 12.5. The van der Waals surface area contributed by atoms with Gasteiger partial charge in [-0.2, -0.15) is 8.78 Å². The van der Waals surface area contributed by atoms with Crippen LogP contribution in [0.1, 0.15) is 0 Å². The molecule has 1 rings (SSSR count). The van der Waals surface area contributed by atoms with Gasteiger partial charge in [-0.3, -0.25) is 0 Å². The second-order valence-electron chi connectivity index (χ2n) is 2.99. The molecule has 4 nitrogen and oxygen atoms in total. The van der Waals surface area contributed by atoms with E-state index in [-0.39, 0.29) is 0 Å². The Morgan fingerprint density at radius 3 is 2.75 bits per heavy atom. The van der Waals surface area contributed by atoms with Gasteiger partial charge in [0, 0.05) is 0 Å². The summed E-state index contributed by atoms with van der Waals surface area (Å²) in [6.45, 7) is 3.17. The van der Waals surface area contributed by atoms with Crippen molar-refractivity contribution >= 4 is 23.3 Å². The van der Waals surface area contributed by atoms with Gasteiger partial charge in [0.1, 0.15) is 11.8 Å². The summed E-state index contributed by atoms with van der Waals surface area (Å²) in [5.41, 5.74) is 4.11. The number of carbonyl (C=O) groups is 1. The van der Waals surface area contributed by atoms with Gasteiger partial charge in [0.05, 0.1) is 12.1 Å². The molecule has 7 heteroatoms. The standard InChI is InChI=1S/C9H9ClF2N2O2/c1-3-4-9(11,12)7(13)5(10)6(14-4)8(15)16-2/h3,7H,1,13H2,2H3. The third kappa shape index (κ3) is 1.85. The van der Waals surface area contributed by atoms with Crippen LogP contribution in [0, 0.1) is 0 Å². The first-order chi connectivity index (χ1) is 7.36. The first-order valence-corrected chi connectivity index (χ1v) is 4.57. The molecule has 16 heavy (non-hydrogen) atoms. The Morgan fingerprint density at radius 2 is 2.31 bits per heavy atom. The average molecular weight is 251 g/mol. The van der Waals surface area contributed by atoms with Crippen LogP contribution in [0.4, 0.5) is 8.78 Å².